The topological polar surface area (TPSA) is 39.2 Å². The van der Waals surface area contributed by atoms with E-state index in [9.17, 15) is 4.79 Å². The molecule has 1 aliphatic heterocycles. The summed E-state index contributed by atoms with van der Waals surface area (Å²) in [5, 5.41) is 2.00. The molecule has 1 atom stereocenters. The van der Waals surface area contributed by atoms with Crippen LogP contribution in [0.3, 0.4) is 0 Å². The van der Waals surface area contributed by atoms with Gasteiger partial charge in [-0.15, -0.1) is 0 Å². The van der Waals surface area contributed by atoms with Gasteiger partial charge in [-0.05, 0) is 17.9 Å². The van der Waals surface area contributed by atoms with Crippen LogP contribution in [0.15, 0.2) is 36.7 Å². The van der Waals surface area contributed by atoms with E-state index in [-0.39, 0.29) is 11.7 Å². The van der Waals surface area contributed by atoms with Gasteiger partial charge in [0.05, 0.1) is 6.61 Å². The number of Topliss-reactive ketones (excluding diaryl/α,β-unsaturated/α-hetero) is 1. The SMILES string of the molecule is O=C(c1cccc2ccncc12)C1CCOC1. The van der Waals surface area contributed by atoms with E-state index in [0.717, 1.165) is 22.8 Å². The molecular weight excluding hydrogens is 214 g/mol. The number of ketones is 1. The molecule has 2 heterocycles. The minimum absolute atomic E-state index is 0.0146. The number of rotatable bonds is 2. The fraction of sp³-hybridized carbons (Fsp3) is 0.286. The number of hydrogen-bond donors (Lipinski definition) is 0. The van der Waals surface area contributed by atoms with E-state index in [1.165, 1.54) is 0 Å². The zero-order valence-corrected chi connectivity index (χ0v) is 9.43. The first-order chi connectivity index (χ1) is 8.36. The van der Waals surface area contributed by atoms with Crippen molar-refractivity contribution in [3.63, 3.8) is 0 Å². The Morgan fingerprint density at radius 3 is 3.12 bits per heavy atom. The monoisotopic (exact) mass is 227 g/mol. The van der Waals surface area contributed by atoms with Crippen molar-refractivity contribution in [1.82, 2.24) is 4.98 Å². The fourth-order valence-corrected chi connectivity index (χ4v) is 2.29. The number of hydrogen-bond acceptors (Lipinski definition) is 3. The number of pyridine rings is 1. The van der Waals surface area contributed by atoms with Crippen LogP contribution in [0, 0.1) is 5.92 Å². The molecule has 0 radical (unpaired) electrons. The molecule has 0 aliphatic carbocycles. The average molecular weight is 227 g/mol. The lowest BCUT2D eigenvalue weighted by Crippen LogP contribution is -2.14. The maximum Gasteiger partial charge on any atom is 0.169 e. The summed E-state index contributed by atoms with van der Waals surface area (Å²) in [6.45, 7) is 1.24. The summed E-state index contributed by atoms with van der Waals surface area (Å²) in [5.41, 5.74) is 0.770. The molecule has 86 valence electrons. The summed E-state index contributed by atoms with van der Waals surface area (Å²) >= 11 is 0. The van der Waals surface area contributed by atoms with Crippen LogP contribution in [0.4, 0.5) is 0 Å². The normalized spacial score (nSPS) is 19.6. The summed E-state index contributed by atoms with van der Waals surface area (Å²) in [6.07, 6.45) is 4.34. The summed E-state index contributed by atoms with van der Waals surface area (Å²) in [6, 6.07) is 7.73. The molecule has 0 amide bonds. The molecule has 3 rings (SSSR count). The van der Waals surface area contributed by atoms with Crippen molar-refractivity contribution in [2.75, 3.05) is 13.2 Å². The highest BCUT2D eigenvalue weighted by Gasteiger charge is 2.25. The summed E-state index contributed by atoms with van der Waals surface area (Å²) in [4.78, 5) is 16.5. The lowest BCUT2D eigenvalue weighted by molar-refractivity contribution is 0.0902. The van der Waals surface area contributed by atoms with Crippen molar-refractivity contribution < 1.29 is 9.53 Å². The van der Waals surface area contributed by atoms with Gasteiger partial charge in [-0.25, -0.2) is 0 Å². The van der Waals surface area contributed by atoms with Crippen molar-refractivity contribution in [3.8, 4) is 0 Å². The van der Waals surface area contributed by atoms with Gasteiger partial charge in [-0.2, -0.15) is 0 Å². The zero-order valence-electron chi connectivity index (χ0n) is 9.43. The quantitative estimate of drug-likeness (QED) is 0.740. The highest BCUT2D eigenvalue weighted by Crippen LogP contribution is 2.24. The molecule has 3 heteroatoms. The molecule has 1 aliphatic rings. The maximum absolute atomic E-state index is 12.4. The van der Waals surface area contributed by atoms with Crippen molar-refractivity contribution in [2.24, 2.45) is 5.92 Å². The number of ether oxygens (including phenoxy) is 1. The first-order valence-electron chi connectivity index (χ1n) is 5.81. The number of benzene rings is 1. The third kappa shape index (κ3) is 1.83. The van der Waals surface area contributed by atoms with Crippen LogP contribution < -0.4 is 0 Å². The second kappa shape index (κ2) is 4.26. The smallest absolute Gasteiger partial charge is 0.169 e. The molecule has 1 aromatic heterocycles. The van der Waals surface area contributed by atoms with Crippen molar-refractivity contribution in [1.29, 1.82) is 0 Å². The van der Waals surface area contributed by atoms with Gasteiger partial charge in [0.1, 0.15) is 0 Å². The Kier molecular flexibility index (Phi) is 2.61. The van der Waals surface area contributed by atoms with Crippen LogP contribution in [0.2, 0.25) is 0 Å². The minimum atomic E-state index is 0.0146. The summed E-state index contributed by atoms with van der Waals surface area (Å²) in [7, 11) is 0. The van der Waals surface area contributed by atoms with Crippen LogP contribution in [0.5, 0.6) is 0 Å². The van der Waals surface area contributed by atoms with E-state index in [1.54, 1.807) is 12.4 Å². The van der Waals surface area contributed by atoms with Crippen LogP contribution in [-0.4, -0.2) is 24.0 Å². The summed E-state index contributed by atoms with van der Waals surface area (Å²) < 4.78 is 5.28. The van der Waals surface area contributed by atoms with Crippen molar-refractivity contribution >= 4 is 16.6 Å². The van der Waals surface area contributed by atoms with Gasteiger partial charge >= 0.3 is 0 Å². The Morgan fingerprint density at radius 2 is 2.29 bits per heavy atom. The molecule has 1 aromatic carbocycles. The van der Waals surface area contributed by atoms with Gasteiger partial charge in [-0.1, -0.05) is 18.2 Å². The molecule has 1 unspecified atom stereocenters. The molecular formula is C14H13NO2. The Labute approximate surface area is 99.4 Å². The van der Waals surface area contributed by atoms with E-state index in [2.05, 4.69) is 4.98 Å². The number of fused-ring (bicyclic) bond motifs is 1. The molecule has 0 N–H and O–H groups in total. The van der Waals surface area contributed by atoms with Gasteiger partial charge in [0, 0.05) is 35.9 Å². The number of aromatic nitrogens is 1. The van der Waals surface area contributed by atoms with Crippen LogP contribution in [0.25, 0.3) is 10.8 Å². The molecule has 17 heavy (non-hydrogen) atoms. The molecule has 0 bridgehead atoms. The standard InChI is InChI=1S/C14H13NO2/c16-14(11-5-7-17-9-11)12-3-1-2-10-4-6-15-8-13(10)12/h1-4,6,8,11H,5,7,9H2. The van der Waals surface area contributed by atoms with Crippen LogP contribution in [0.1, 0.15) is 16.8 Å². The van der Waals surface area contributed by atoms with Gasteiger partial charge in [0.2, 0.25) is 0 Å². The van der Waals surface area contributed by atoms with E-state index in [4.69, 9.17) is 4.74 Å². The fourth-order valence-electron chi connectivity index (χ4n) is 2.29. The molecule has 1 fully saturated rings. The predicted molar refractivity (Wildman–Crippen MR) is 65.0 cm³/mol. The Hall–Kier alpha value is -1.74. The maximum atomic E-state index is 12.4. The highest BCUT2D eigenvalue weighted by atomic mass is 16.5. The highest BCUT2D eigenvalue weighted by molar-refractivity contribution is 6.08. The number of carbonyl (C=O) groups is 1. The average Bonchev–Trinajstić information content (AvgIpc) is 2.91. The van der Waals surface area contributed by atoms with E-state index < -0.39 is 0 Å². The number of nitrogens with zero attached hydrogens (tertiary/aromatic N) is 1. The molecule has 3 nitrogen and oxygen atoms in total. The van der Waals surface area contributed by atoms with Crippen molar-refractivity contribution in [2.45, 2.75) is 6.42 Å². The lowest BCUT2D eigenvalue weighted by atomic mass is 9.94. The Morgan fingerprint density at radius 1 is 1.35 bits per heavy atom. The van der Waals surface area contributed by atoms with E-state index in [0.29, 0.717) is 13.2 Å². The largest absolute Gasteiger partial charge is 0.381 e. The van der Waals surface area contributed by atoms with Crippen LogP contribution >= 0.6 is 0 Å². The molecule has 1 saturated heterocycles. The second-order valence-electron chi connectivity index (χ2n) is 4.33. The third-order valence-corrected chi connectivity index (χ3v) is 3.25. The Bertz CT molecular complexity index is 554. The predicted octanol–water partition coefficient (Wildman–Crippen LogP) is 2.45. The third-order valence-electron chi connectivity index (χ3n) is 3.25. The van der Waals surface area contributed by atoms with E-state index in [1.807, 2.05) is 24.3 Å². The van der Waals surface area contributed by atoms with Crippen molar-refractivity contribution in [3.05, 3.63) is 42.2 Å². The van der Waals surface area contributed by atoms with Crippen LogP contribution in [-0.2, 0) is 4.74 Å². The van der Waals surface area contributed by atoms with Gasteiger partial charge in [-0.3, -0.25) is 9.78 Å². The minimum Gasteiger partial charge on any atom is -0.381 e. The first-order valence-corrected chi connectivity index (χ1v) is 5.81. The lowest BCUT2D eigenvalue weighted by Gasteiger charge is -2.09. The second-order valence-corrected chi connectivity index (χ2v) is 4.33. The van der Waals surface area contributed by atoms with Gasteiger partial charge < -0.3 is 4.74 Å². The van der Waals surface area contributed by atoms with Gasteiger partial charge in [0.25, 0.3) is 0 Å². The summed E-state index contributed by atoms with van der Waals surface area (Å²) in [5.74, 6) is 0.196. The molecule has 2 aromatic rings. The van der Waals surface area contributed by atoms with Gasteiger partial charge in [0.15, 0.2) is 5.78 Å². The van der Waals surface area contributed by atoms with E-state index >= 15 is 0 Å². The Balaban J connectivity index is 2.07. The molecule has 0 spiro atoms. The molecule has 0 saturated carbocycles. The first kappa shape index (κ1) is 10.4. The zero-order chi connectivity index (χ0) is 11.7. The number of carbonyl (C=O) groups excluding carboxylic acids is 1.